The van der Waals surface area contributed by atoms with Crippen LogP contribution in [0.15, 0.2) is 77.7 Å². The van der Waals surface area contributed by atoms with E-state index in [4.69, 9.17) is 0 Å². The van der Waals surface area contributed by atoms with Crippen LogP contribution in [-0.2, 0) is 10.0 Å². The summed E-state index contributed by atoms with van der Waals surface area (Å²) in [5, 5.41) is 5.65. The molecule has 3 aromatic rings. The molecule has 35 heavy (non-hydrogen) atoms. The zero-order valence-electron chi connectivity index (χ0n) is 19.8. The second-order valence-electron chi connectivity index (χ2n) is 8.91. The number of piperidine rings is 1. The van der Waals surface area contributed by atoms with Gasteiger partial charge in [-0.1, -0.05) is 31.2 Å². The van der Waals surface area contributed by atoms with Crippen LogP contribution in [0, 0.1) is 12.8 Å². The van der Waals surface area contributed by atoms with Crippen LogP contribution in [-0.4, -0.2) is 37.6 Å². The van der Waals surface area contributed by atoms with Gasteiger partial charge in [0.1, 0.15) is 0 Å². The number of sulfonamides is 1. The molecule has 1 aliphatic heterocycles. The average Bonchev–Trinajstić information content (AvgIpc) is 2.86. The zero-order valence-corrected chi connectivity index (χ0v) is 20.6. The molecule has 0 radical (unpaired) electrons. The Morgan fingerprint density at radius 1 is 0.829 bits per heavy atom. The summed E-state index contributed by atoms with van der Waals surface area (Å²) in [6, 6.07) is 20.1. The molecule has 1 aliphatic rings. The SMILES string of the molecule is Cc1ccc(C(=O)Nc2ccc(S(=O)(=O)N3CCC(C)CC3)cc2)cc1NC(=O)c1ccccc1. The van der Waals surface area contributed by atoms with Gasteiger partial charge in [0.05, 0.1) is 4.90 Å². The quantitative estimate of drug-likeness (QED) is 0.512. The molecule has 2 N–H and O–H groups in total. The Morgan fingerprint density at radius 3 is 2.11 bits per heavy atom. The van der Waals surface area contributed by atoms with Gasteiger partial charge in [0.25, 0.3) is 11.8 Å². The molecule has 8 heteroatoms. The van der Waals surface area contributed by atoms with Gasteiger partial charge in [0, 0.05) is 35.6 Å². The Bertz CT molecular complexity index is 1310. The Kier molecular flexibility index (Phi) is 7.33. The molecular formula is C27H29N3O4S. The topological polar surface area (TPSA) is 95.6 Å². The van der Waals surface area contributed by atoms with Crippen molar-refractivity contribution in [2.75, 3.05) is 23.7 Å². The van der Waals surface area contributed by atoms with Crippen LogP contribution in [0.25, 0.3) is 0 Å². The Morgan fingerprint density at radius 2 is 1.46 bits per heavy atom. The van der Waals surface area contributed by atoms with Gasteiger partial charge in [0.15, 0.2) is 0 Å². The van der Waals surface area contributed by atoms with Crippen molar-refractivity contribution in [1.82, 2.24) is 4.31 Å². The van der Waals surface area contributed by atoms with Crippen LogP contribution in [0.2, 0.25) is 0 Å². The second-order valence-corrected chi connectivity index (χ2v) is 10.9. The number of hydrogen-bond donors (Lipinski definition) is 2. The van der Waals surface area contributed by atoms with Crippen molar-refractivity contribution >= 4 is 33.2 Å². The normalized spacial score (nSPS) is 14.9. The van der Waals surface area contributed by atoms with Gasteiger partial charge < -0.3 is 10.6 Å². The molecule has 182 valence electrons. The summed E-state index contributed by atoms with van der Waals surface area (Å²) in [6.07, 6.45) is 1.72. The van der Waals surface area contributed by atoms with E-state index < -0.39 is 10.0 Å². The molecule has 0 bridgehead atoms. The number of carbonyl (C=O) groups excluding carboxylic acids is 2. The van der Waals surface area contributed by atoms with Crippen LogP contribution in [0.5, 0.6) is 0 Å². The van der Waals surface area contributed by atoms with E-state index in [9.17, 15) is 18.0 Å². The van der Waals surface area contributed by atoms with Crippen molar-refractivity contribution in [3.63, 3.8) is 0 Å². The van der Waals surface area contributed by atoms with Crippen molar-refractivity contribution < 1.29 is 18.0 Å². The maximum absolute atomic E-state index is 12.9. The maximum Gasteiger partial charge on any atom is 0.255 e. The zero-order chi connectivity index (χ0) is 25.0. The van der Waals surface area contributed by atoms with E-state index >= 15 is 0 Å². The van der Waals surface area contributed by atoms with E-state index in [0.29, 0.717) is 41.5 Å². The molecule has 0 saturated carbocycles. The van der Waals surface area contributed by atoms with E-state index in [0.717, 1.165) is 18.4 Å². The number of nitrogens with one attached hydrogen (secondary N) is 2. The third kappa shape index (κ3) is 5.78. The standard InChI is InChI=1S/C27H29N3O4S/c1-19-14-16-30(17-15-19)35(33,34)24-12-10-23(11-13-24)28-27(32)22-9-8-20(2)25(18-22)29-26(31)21-6-4-3-5-7-21/h3-13,18-19H,14-17H2,1-2H3,(H,28,32)(H,29,31). The molecule has 0 aromatic heterocycles. The van der Waals surface area contributed by atoms with Crippen LogP contribution >= 0.6 is 0 Å². The Hall–Kier alpha value is -3.49. The lowest BCUT2D eigenvalue weighted by Crippen LogP contribution is -2.37. The van der Waals surface area contributed by atoms with Crippen LogP contribution in [0.1, 0.15) is 46.0 Å². The van der Waals surface area contributed by atoms with Crippen molar-refractivity contribution in [1.29, 1.82) is 0 Å². The lowest BCUT2D eigenvalue weighted by Gasteiger charge is -2.29. The molecule has 2 amide bonds. The van der Waals surface area contributed by atoms with E-state index in [1.165, 1.54) is 16.4 Å². The van der Waals surface area contributed by atoms with Gasteiger partial charge in [-0.15, -0.1) is 0 Å². The molecule has 7 nitrogen and oxygen atoms in total. The van der Waals surface area contributed by atoms with Crippen molar-refractivity contribution in [2.45, 2.75) is 31.6 Å². The average molecular weight is 492 g/mol. The van der Waals surface area contributed by atoms with Gasteiger partial charge in [-0.05, 0) is 79.8 Å². The molecule has 1 heterocycles. The monoisotopic (exact) mass is 491 g/mol. The van der Waals surface area contributed by atoms with Gasteiger partial charge in [-0.3, -0.25) is 9.59 Å². The lowest BCUT2D eigenvalue weighted by molar-refractivity contribution is 0.101. The fourth-order valence-electron chi connectivity index (χ4n) is 3.97. The summed E-state index contributed by atoms with van der Waals surface area (Å²) in [4.78, 5) is 25.6. The Labute approximate surface area is 206 Å². The molecule has 0 spiro atoms. The third-order valence-electron chi connectivity index (χ3n) is 6.28. The number of carbonyl (C=O) groups is 2. The molecule has 1 fully saturated rings. The van der Waals surface area contributed by atoms with Gasteiger partial charge in [0.2, 0.25) is 10.0 Å². The van der Waals surface area contributed by atoms with E-state index in [1.54, 1.807) is 54.6 Å². The first-order valence-electron chi connectivity index (χ1n) is 11.6. The van der Waals surface area contributed by atoms with Crippen molar-refractivity contribution in [3.8, 4) is 0 Å². The highest BCUT2D eigenvalue weighted by molar-refractivity contribution is 7.89. The molecular weight excluding hydrogens is 462 g/mol. The number of amides is 2. The number of anilines is 2. The van der Waals surface area contributed by atoms with Crippen molar-refractivity contribution in [3.05, 3.63) is 89.5 Å². The predicted molar refractivity (Wildman–Crippen MR) is 137 cm³/mol. The van der Waals surface area contributed by atoms with E-state index in [-0.39, 0.29) is 16.7 Å². The summed E-state index contributed by atoms with van der Waals surface area (Å²) in [5.41, 5.74) is 2.75. The summed E-state index contributed by atoms with van der Waals surface area (Å²) in [6.45, 7) is 5.04. The summed E-state index contributed by atoms with van der Waals surface area (Å²) in [7, 11) is -3.55. The number of rotatable bonds is 6. The van der Waals surface area contributed by atoms with Gasteiger partial charge in [-0.2, -0.15) is 4.31 Å². The maximum atomic E-state index is 12.9. The second kappa shape index (κ2) is 10.4. The summed E-state index contributed by atoms with van der Waals surface area (Å²) in [5.74, 6) is -0.0833. The minimum absolute atomic E-state index is 0.214. The number of hydrogen-bond acceptors (Lipinski definition) is 4. The first kappa shape index (κ1) is 24.6. The fourth-order valence-corrected chi connectivity index (χ4v) is 5.44. The molecule has 1 saturated heterocycles. The summed E-state index contributed by atoms with van der Waals surface area (Å²) < 4.78 is 27.4. The molecule has 4 rings (SSSR count). The minimum atomic E-state index is -3.55. The van der Waals surface area contributed by atoms with Crippen molar-refractivity contribution in [2.24, 2.45) is 5.92 Å². The van der Waals surface area contributed by atoms with E-state index in [2.05, 4.69) is 17.6 Å². The largest absolute Gasteiger partial charge is 0.322 e. The first-order chi connectivity index (χ1) is 16.7. The molecule has 0 unspecified atom stereocenters. The highest BCUT2D eigenvalue weighted by Crippen LogP contribution is 2.25. The van der Waals surface area contributed by atoms with Crippen LogP contribution in [0.4, 0.5) is 11.4 Å². The highest BCUT2D eigenvalue weighted by atomic mass is 32.2. The van der Waals surface area contributed by atoms with E-state index in [1.807, 2.05) is 13.0 Å². The molecule has 3 aromatic carbocycles. The Balaban J connectivity index is 1.44. The first-order valence-corrected chi connectivity index (χ1v) is 13.1. The summed E-state index contributed by atoms with van der Waals surface area (Å²) >= 11 is 0. The minimum Gasteiger partial charge on any atom is -0.322 e. The van der Waals surface area contributed by atoms with Crippen LogP contribution in [0.3, 0.4) is 0 Å². The lowest BCUT2D eigenvalue weighted by atomic mass is 10.0. The predicted octanol–water partition coefficient (Wildman–Crippen LogP) is 4.92. The van der Waals surface area contributed by atoms with Gasteiger partial charge in [-0.25, -0.2) is 8.42 Å². The number of nitrogens with zero attached hydrogens (tertiary/aromatic N) is 1. The number of aryl methyl sites for hydroxylation is 1. The highest BCUT2D eigenvalue weighted by Gasteiger charge is 2.28. The molecule has 0 aliphatic carbocycles. The smallest absolute Gasteiger partial charge is 0.255 e. The molecule has 0 atom stereocenters. The third-order valence-corrected chi connectivity index (χ3v) is 8.19. The number of benzene rings is 3. The van der Waals surface area contributed by atoms with Crippen LogP contribution < -0.4 is 10.6 Å². The van der Waals surface area contributed by atoms with Gasteiger partial charge >= 0.3 is 0 Å². The fraction of sp³-hybridized carbons (Fsp3) is 0.259.